The summed E-state index contributed by atoms with van der Waals surface area (Å²) in [5.41, 5.74) is 0. The normalized spacial score (nSPS) is 20.8. The summed E-state index contributed by atoms with van der Waals surface area (Å²) in [5, 5.41) is 0. The molecular formula is C19H28F2O3. The van der Waals surface area contributed by atoms with E-state index in [2.05, 4.69) is 6.92 Å². The summed E-state index contributed by atoms with van der Waals surface area (Å²) < 4.78 is 43.6. The molecule has 0 aliphatic heterocycles. The van der Waals surface area contributed by atoms with Gasteiger partial charge in [-0.3, -0.25) is 0 Å². The highest BCUT2D eigenvalue weighted by molar-refractivity contribution is 5.35. The highest BCUT2D eigenvalue weighted by Gasteiger charge is 2.22. The van der Waals surface area contributed by atoms with Crippen LogP contribution in [0, 0.1) is 23.5 Å². The van der Waals surface area contributed by atoms with Gasteiger partial charge in [-0.05, 0) is 36.8 Å². The molecule has 5 heteroatoms. The van der Waals surface area contributed by atoms with Crippen molar-refractivity contribution in [3.8, 4) is 11.5 Å². The van der Waals surface area contributed by atoms with E-state index in [0.717, 1.165) is 18.8 Å². The van der Waals surface area contributed by atoms with Gasteiger partial charge in [0.15, 0.2) is 11.5 Å². The van der Waals surface area contributed by atoms with E-state index < -0.39 is 11.6 Å². The third-order valence-corrected chi connectivity index (χ3v) is 4.69. The van der Waals surface area contributed by atoms with Gasteiger partial charge in [0.25, 0.3) is 0 Å². The van der Waals surface area contributed by atoms with Crippen LogP contribution in [0.25, 0.3) is 0 Å². The number of ether oxygens (including phenoxy) is 3. The summed E-state index contributed by atoms with van der Waals surface area (Å²) >= 11 is 0. The predicted octanol–water partition coefficient (Wildman–Crippen LogP) is 4.98. The fraction of sp³-hybridized carbons (Fsp3) is 0.684. The lowest BCUT2D eigenvalue weighted by molar-refractivity contribution is 0.142. The second-order valence-corrected chi connectivity index (χ2v) is 6.52. The lowest BCUT2D eigenvalue weighted by atomic mass is 9.80. The molecule has 1 fully saturated rings. The molecule has 1 aromatic carbocycles. The first-order valence-corrected chi connectivity index (χ1v) is 8.88. The molecule has 0 bridgehead atoms. The van der Waals surface area contributed by atoms with Crippen molar-refractivity contribution in [1.29, 1.82) is 0 Å². The average molecular weight is 342 g/mol. The maximum Gasteiger partial charge on any atom is 0.204 e. The Balaban J connectivity index is 1.83. The zero-order valence-corrected chi connectivity index (χ0v) is 14.7. The van der Waals surface area contributed by atoms with Gasteiger partial charge in [-0.15, -0.1) is 0 Å². The quantitative estimate of drug-likeness (QED) is 0.593. The summed E-state index contributed by atoms with van der Waals surface area (Å²) in [4.78, 5) is 0. The first-order valence-electron chi connectivity index (χ1n) is 8.88. The first-order chi connectivity index (χ1) is 11.7. The molecule has 0 atom stereocenters. The van der Waals surface area contributed by atoms with Gasteiger partial charge in [-0.25, -0.2) is 0 Å². The molecule has 0 aromatic heterocycles. The van der Waals surface area contributed by atoms with E-state index in [1.54, 1.807) is 0 Å². The van der Waals surface area contributed by atoms with E-state index >= 15 is 0 Å². The smallest absolute Gasteiger partial charge is 0.204 e. The minimum atomic E-state index is -1.00. The van der Waals surface area contributed by atoms with Crippen molar-refractivity contribution in [2.45, 2.75) is 45.4 Å². The van der Waals surface area contributed by atoms with Crippen LogP contribution in [0.15, 0.2) is 12.1 Å². The highest BCUT2D eigenvalue weighted by Crippen LogP contribution is 2.33. The number of halogens is 2. The van der Waals surface area contributed by atoms with Gasteiger partial charge < -0.3 is 14.2 Å². The third kappa shape index (κ3) is 5.33. The van der Waals surface area contributed by atoms with Gasteiger partial charge in [0.2, 0.25) is 11.6 Å². The van der Waals surface area contributed by atoms with Gasteiger partial charge in [-0.2, -0.15) is 8.78 Å². The Morgan fingerprint density at radius 2 is 1.50 bits per heavy atom. The van der Waals surface area contributed by atoms with Gasteiger partial charge >= 0.3 is 0 Å². The standard InChI is InChI=1S/C19H28F2O3/c1-3-4-14-5-7-15(8-6-14)13-24-17-10-9-16(18(20)19(17)21)23-12-11-22-2/h9-10,14-15H,3-8,11-13H2,1-2H3. The van der Waals surface area contributed by atoms with Crippen molar-refractivity contribution in [3.63, 3.8) is 0 Å². The SMILES string of the molecule is CCCC1CCC(COc2ccc(OCCOC)c(F)c2F)CC1. The predicted molar refractivity (Wildman–Crippen MR) is 89.6 cm³/mol. The van der Waals surface area contributed by atoms with Crippen molar-refractivity contribution >= 4 is 0 Å². The van der Waals surface area contributed by atoms with Gasteiger partial charge in [-0.1, -0.05) is 32.6 Å². The number of hydrogen-bond acceptors (Lipinski definition) is 3. The molecule has 2 rings (SSSR count). The molecule has 136 valence electrons. The Morgan fingerprint density at radius 3 is 2.08 bits per heavy atom. The average Bonchev–Trinajstić information content (AvgIpc) is 2.60. The maximum absolute atomic E-state index is 14.1. The maximum atomic E-state index is 14.1. The molecule has 0 heterocycles. The summed E-state index contributed by atoms with van der Waals surface area (Å²) in [5.74, 6) is -0.888. The Labute approximate surface area is 143 Å². The molecule has 0 unspecified atom stereocenters. The van der Waals surface area contributed by atoms with E-state index in [1.165, 1.54) is 44.9 Å². The van der Waals surface area contributed by atoms with Crippen LogP contribution in [0.5, 0.6) is 11.5 Å². The van der Waals surface area contributed by atoms with E-state index in [0.29, 0.717) is 19.1 Å². The fourth-order valence-electron chi connectivity index (χ4n) is 3.27. The number of methoxy groups -OCH3 is 1. The van der Waals surface area contributed by atoms with E-state index in [-0.39, 0.29) is 18.1 Å². The number of benzene rings is 1. The van der Waals surface area contributed by atoms with Gasteiger partial charge in [0.05, 0.1) is 13.2 Å². The highest BCUT2D eigenvalue weighted by atomic mass is 19.2. The molecule has 0 saturated heterocycles. The van der Waals surface area contributed by atoms with Gasteiger partial charge in [0.1, 0.15) is 6.61 Å². The zero-order chi connectivity index (χ0) is 17.4. The van der Waals surface area contributed by atoms with E-state index in [9.17, 15) is 8.78 Å². The number of rotatable bonds is 9. The van der Waals surface area contributed by atoms with Crippen LogP contribution in [-0.2, 0) is 4.74 Å². The molecular weight excluding hydrogens is 314 g/mol. The van der Waals surface area contributed by atoms with Crippen LogP contribution in [0.3, 0.4) is 0 Å². The lowest BCUT2D eigenvalue weighted by Crippen LogP contribution is -2.20. The zero-order valence-electron chi connectivity index (χ0n) is 14.7. The third-order valence-electron chi connectivity index (χ3n) is 4.69. The van der Waals surface area contributed by atoms with Gasteiger partial charge in [0, 0.05) is 7.11 Å². The molecule has 1 aromatic rings. The molecule has 0 amide bonds. The Kier molecular flexibility index (Phi) is 7.76. The largest absolute Gasteiger partial charge is 0.490 e. The summed E-state index contributed by atoms with van der Waals surface area (Å²) in [7, 11) is 1.52. The van der Waals surface area contributed by atoms with Crippen LogP contribution in [0.1, 0.15) is 45.4 Å². The second kappa shape index (κ2) is 9.82. The monoisotopic (exact) mass is 342 g/mol. The molecule has 0 N–H and O–H groups in total. The van der Waals surface area contributed by atoms with Crippen LogP contribution in [0.2, 0.25) is 0 Å². The fourth-order valence-corrected chi connectivity index (χ4v) is 3.27. The van der Waals surface area contributed by atoms with Crippen molar-refractivity contribution in [3.05, 3.63) is 23.8 Å². The van der Waals surface area contributed by atoms with Crippen LogP contribution in [-0.4, -0.2) is 26.9 Å². The summed E-state index contributed by atoms with van der Waals surface area (Å²) in [6.07, 6.45) is 7.16. The molecule has 1 saturated carbocycles. The Morgan fingerprint density at radius 1 is 0.917 bits per heavy atom. The Hall–Kier alpha value is -1.36. The van der Waals surface area contributed by atoms with Crippen molar-refractivity contribution < 1.29 is 23.0 Å². The summed E-state index contributed by atoms with van der Waals surface area (Å²) in [6.45, 7) is 3.16. The lowest BCUT2D eigenvalue weighted by Gasteiger charge is -2.28. The molecule has 1 aliphatic rings. The Bertz CT molecular complexity index is 500. The molecule has 24 heavy (non-hydrogen) atoms. The molecule has 0 spiro atoms. The van der Waals surface area contributed by atoms with Crippen molar-refractivity contribution in [1.82, 2.24) is 0 Å². The summed E-state index contributed by atoms with van der Waals surface area (Å²) in [6, 6.07) is 2.84. The van der Waals surface area contributed by atoms with Crippen LogP contribution < -0.4 is 9.47 Å². The van der Waals surface area contributed by atoms with Crippen molar-refractivity contribution in [2.24, 2.45) is 11.8 Å². The van der Waals surface area contributed by atoms with E-state index in [4.69, 9.17) is 14.2 Å². The second-order valence-electron chi connectivity index (χ2n) is 6.52. The molecule has 3 nitrogen and oxygen atoms in total. The topological polar surface area (TPSA) is 27.7 Å². The molecule has 0 radical (unpaired) electrons. The minimum absolute atomic E-state index is 0.0396. The molecule has 1 aliphatic carbocycles. The number of hydrogen-bond donors (Lipinski definition) is 0. The van der Waals surface area contributed by atoms with Crippen LogP contribution in [0.4, 0.5) is 8.78 Å². The minimum Gasteiger partial charge on any atom is -0.490 e. The van der Waals surface area contributed by atoms with E-state index in [1.807, 2.05) is 0 Å². The van der Waals surface area contributed by atoms with Crippen molar-refractivity contribution in [2.75, 3.05) is 26.9 Å². The van der Waals surface area contributed by atoms with Crippen LogP contribution >= 0.6 is 0 Å². The first kappa shape index (κ1) is 19.0.